The number of benzene rings is 1. The van der Waals surface area contributed by atoms with Gasteiger partial charge in [-0.3, -0.25) is 9.20 Å². The predicted molar refractivity (Wildman–Crippen MR) is 119 cm³/mol. The summed E-state index contributed by atoms with van der Waals surface area (Å²) in [4.78, 5) is 20.9. The number of carbonyl (C=O) groups excluding carboxylic acids is 1. The van der Waals surface area contributed by atoms with Gasteiger partial charge in [0.15, 0.2) is 11.5 Å². The Labute approximate surface area is 202 Å². The minimum atomic E-state index is -4.71. The number of rotatable bonds is 6. The topological polar surface area (TPSA) is 123 Å². The average Bonchev–Trinajstić information content (AvgIpc) is 3.48. The highest BCUT2D eigenvalue weighted by molar-refractivity contribution is 5.98. The summed E-state index contributed by atoms with van der Waals surface area (Å²) in [7, 11) is 0. The van der Waals surface area contributed by atoms with Crippen molar-refractivity contribution in [3.63, 3.8) is 0 Å². The third-order valence-corrected chi connectivity index (χ3v) is 6.28. The Morgan fingerprint density at radius 3 is 2.69 bits per heavy atom. The van der Waals surface area contributed by atoms with Crippen LogP contribution in [0.3, 0.4) is 0 Å². The zero-order valence-corrected chi connectivity index (χ0v) is 18.8. The molecule has 4 aromatic rings. The lowest BCUT2D eigenvalue weighted by molar-refractivity contribution is -0.142. The maximum absolute atomic E-state index is 13.3. The van der Waals surface area contributed by atoms with Gasteiger partial charge in [0, 0.05) is 24.9 Å². The standard InChI is InChI=1S/C24H21F3N4O5/c25-24(26,27)21-17(12-35-30-21)18-11-29-22-23(28-7-8-31(18)22)36-15-5-6-16(20(34)10-15)19(33)9-13-1-3-14(32)4-2-13/h5-8,10-14,32,34H,1-4,9H2. The molecule has 2 N–H and O–H groups in total. The van der Waals surface area contributed by atoms with Crippen LogP contribution in [0.2, 0.25) is 0 Å². The number of nitrogens with zero attached hydrogens (tertiary/aromatic N) is 4. The van der Waals surface area contributed by atoms with Gasteiger partial charge in [0.05, 0.1) is 29.1 Å². The number of phenolic OH excluding ortho intramolecular Hbond substituents is 1. The van der Waals surface area contributed by atoms with Gasteiger partial charge in [-0.2, -0.15) is 13.2 Å². The van der Waals surface area contributed by atoms with E-state index < -0.39 is 11.9 Å². The number of fused-ring (bicyclic) bond motifs is 1. The van der Waals surface area contributed by atoms with Crippen LogP contribution < -0.4 is 4.74 Å². The number of aromatic hydroxyl groups is 1. The summed E-state index contributed by atoms with van der Waals surface area (Å²) in [6.07, 6.45) is 2.95. The molecule has 0 aliphatic heterocycles. The van der Waals surface area contributed by atoms with Crippen LogP contribution in [0.5, 0.6) is 17.4 Å². The number of hydrogen-bond donors (Lipinski definition) is 2. The van der Waals surface area contributed by atoms with Crippen molar-refractivity contribution in [2.45, 2.75) is 44.4 Å². The molecular formula is C24H21F3N4O5. The minimum Gasteiger partial charge on any atom is -0.507 e. The number of hydrogen-bond acceptors (Lipinski definition) is 8. The van der Waals surface area contributed by atoms with E-state index in [9.17, 15) is 28.2 Å². The molecule has 3 aromatic heterocycles. The summed E-state index contributed by atoms with van der Waals surface area (Å²) in [5, 5.41) is 23.1. The van der Waals surface area contributed by atoms with Gasteiger partial charge in [-0.05, 0) is 43.7 Å². The van der Waals surface area contributed by atoms with Gasteiger partial charge in [-0.25, -0.2) is 9.97 Å². The van der Waals surface area contributed by atoms with Crippen molar-refractivity contribution < 1.29 is 37.4 Å². The third-order valence-electron chi connectivity index (χ3n) is 6.28. The number of Topliss-reactive ketones (excluding diaryl/α,β-unsaturated/α-hetero) is 1. The summed E-state index contributed by atoms with van der Waals surface area (Å²) in [5.74, 6) is -0.156. The Morgan fingerprint density at radius 1 is 1.19 bits per heavy atom. The first-order valence-corrected chi connectivity index (χ1v) is 11.3. The molecule has 36 heavy (non-hydrogen) atoms. The maximum atomic E-state index is 13.3. The van der Waals surface area contributed by atoms with Gasteiger partial charge < -0.3 is 19.5 Å². The summed E-state index contributed by atoms with van der Waals surface area (Å²) in [6.45, 7) is 0. The van der Waals surface area contributed by atoms with E-state index in [0.29, 0.717) is 12.8 Å². The van der Waals surface area contributed by atoms with E-state index >= 15 is 0 Å². The molecule has 1 fully saturated rings. The number of carbonyl (C=O) groups is 1. The van der Waals surface area contributed by atoms with Gasteiger partial charge >= 0.3 is 6.18 Å². The van der Waals surface area contributed by atoms with Crippen LogP contribution in [0.1, 0.15) is 48.2 Å². The lowest BCUT2D eigenvalue weighted by Gasteiger charge is -2.24. The van der Waals surface area contributed by atoms with E-state index in [0.717, 1.165) is 19.1 Å². The molecule has 188 valence electrons. The maximum Gasteiger partial charge on any atom is 0.437 e. The summed E-state index contributed by atoms with van der Waals surface area (Å²) >= 11 is 0. The monoisotopic (exact) mass is 502 g/mol. The lowest BCUT2D eigenvalue weighted by atomic mass is 9.83. The fourth-order valence-corrected chi connectivity index (χ4v) is 4.43. The molecule has 0 amide bonds. The van der Waals surface area contributed by atoms with E-state index in [4.69, 9.17) is 4.74 Å². The summed E-state index contributed by atoms with van der Waals surface area (Å²) in [5.41, 5.74) is -1.11. The van der Waals surface area contributed by atoms with Crippen molar-refractivity contribution in [3.8, 4) is 28.6 Å². The minimum absolute atomic E-state index is 0.0204. The molecule has 1 aliphatic carbocycles. The number of halogens is 3. The molecule has 3 heterocycles. The molecule has 1 saturated carbocycles. The zero-order valence-electron chi connectivity index (χ0n) is 18.8. The number of imidazole rings is 1. The Morgan fingerprint density at radius 2 is 1.97 bits per heavy atom. The van der Waals surface area contributed by atoms with Gasteiger partial charge in [0.25, 0.3) is 5.88 Å². The number of alkyl halides is 3. The molecule has 1 aromatic carbocycles. The van der Waals surface area contributed by atoms with Crippen LogP contribution in [0, 0.1) is 5.92 Å². The molecule has 0 saturated heterocycles. The molecular weight excluding hydrogens is 481 g/mol. The molecule has 5 rings (SSSR count). The highest BCUT2D eigenvalue weighted by Crippen LogP contribution is 2.37. The first-order chi connectivity index (χ1) is 17.2. The molecule has 0 radical (unpaired) electrons. The Bertz CT molecular complexity index is 1410. The van der Waals surface area contributed by atoms with Crippen molar-refractivity contribution in [3.05, 3.63) is 54.3 Å². The van der Waals surface area contributed by atoms with Gasteiger partial charge in [-0.15, -0.1) is 0 Å². The Balaban J connectivity index is 1.37. The molecule has 0 bridgehead atoms. The van der Waals surface area contributed by atoms with Crippen molar-refractivity contribution in [1.29, 1.82) is 0 Å². The van der Waals surface area contributed by atoms with Crippen LogP contribution in [-0.4, -0.2) is 41.6 Å². The number of ether oxygens (including phenoxy) is 1. The number of aromatic nitrogens is 4. The van der Waals surface area contributed by atoms with Gasteiger partial charge in [0.1, 0.15) is 17.8 Å². The number of phenols is 1. The highest BCUT2D eigenvalue weighted by atomic mass is 19.4. The van der Waals surface area contributed by atoms with E-state index in [-0.39, 0.29) is 64.1 Å². The normalized spacial score (nSPS) is 18.4. The lowest BCUT2D eigenvalue weighted by Crippen LogP contribution is -2.20. The summed E-state index contributed by atoms with van der Waals surface area (Å²) in [6, 6.07) is 4.22. The van der Waals surface area contributed by atoms with Crippen molar-refractivity contribution in [2.75, 3.05) is 0 Å². The second-order valence-corrected chi connectivity index (χ2v) is 8.73. The first-order valence-electron chi connectivity index (χ1n) is 11.3. The van der Waals surface area contributed by atoms with E-state index in [1.165, 1.54) is 41.2 Å². The Hall–Kier alpha value is -3.93. The second kappa shape index (κ2) is 9.26. The molecule has 12 heteroatoms. The number of aliphatic hydroxyl groups excluding tert-OH is 1. The molecule has 0 unspecified atom stereocenters. The molecule has 1 aliphatic rings. The molecule has 9 nitrogen and oxygen atoms in total. The highest BCUT2D eigenvalue weighted by Gasteiger charge is 2.38. The fraction of sp³-hybridized carbons (Fsp3) is 0.333. The van der Waals surface area contributed by atoms with E-state index in [1.54, 1.807) is 0 Å². The van der Waals surface area contributed by atoms with Gasteiger partial charge in [-0.1, -0.05) is 5.16 Å². The Kier molecular flexibility index (Phi) is 6.12. The molecule has 0 atom stereocenters. The second-order valence-electron chi connectivity index (χ2n) is 8.73. The largest absolute Gasteiger partial charge is 0.507 e. The average molecular weight is 502 g/mol. The van der Waals surface area contributed by atoms with Crippen molar-refractivity contribution in [2.24, 2.45) is 5.92 Å². The predicted octanol–water partition coefficient (Wildman–Crippen LogP) is 5.02. The van der Waals surface area contributed by atoms with Crippen molar-refractivity contribution in [1.82, 2.24) is 19.5 Å². The molecule has 0 spiro atoms. The number of aliphatic hydroxyl groups is 1. The van der Waals surface area contributed by atoms with Crippen LogP contribution >= 0.6 is 0 Å². The third kappa shape index (κ3) is 4.63. The SMILES string of the molecule is O=C(CC1CCC(O)CC1)c1ccc(Oc2nccn3c(-c4conc4C(F)(F)F)cnc23)cc1O. The zero-order chi connectivity index (χ0) is 25.4. The smallest absolute Gasteiger partial charge is 0.437 e. The first kappa shape index (κ1) is 23.8. The van der Waals surface area contributed by atoms with Crippen LogP contribution in [0.15, 0.2) is 47.6 Å². The fourth-order valence-electron chi connectivity index (χ4n) is 4.43. The van der Waals surface area contributed by atoms with E-state index in [1.807, 2.05) is 0 Å². The van der Waals surface area contributed by atoms with Crippen LogP contribution in [0.25, 0.3) is 16.9 Å². The quantitative estimate of drug-likeness (QED) is 0.352. The van der Waals surface area contributed by atoms with Gasteiger partial charge in [0.2, 0.25) is 5.65 Å². The number of ketones is 1. The summed E-state index contributed by atoms with van der Waals surface area (Å²) < 4.78 is 51.4. The van der Waals surface area contributed by atoms with Crippen LogP contribution in [-0.2, 0) is 6.18 Å². The van der Waals surface area contributed by atoms with Crippen molar-refractivity contribution >= 4 is 11.4 Å². The van der Waals surface area contributed by atoms with E-state index in [2.05, 4.69) is 19.6 Å². The van der Waals surface area contributed by atoms with Crippen LogP contribution in [0.4, 0.5) is 13.2 Å².